The molecule has 0 atom stereocenters. The lowest BCUT2D eigenvalue weighted by Gasteiger charge is -2.13. The van der Waals surface area contributed by atoms with Crippen LogP contribution in [0.2, 0.25) is 10.0 Å². The summed E-state index contributed by atoms with van der Waals surface area (Å²) in [5.74, 6) is 1.55. The molecule has 6 nitrogen and oxygen atoms in total. The van der Waals surface area contributed by atoms with Crippen molar-refractivity contribution in [2.45, 2.75) is 20.5 Å². The maximum absolute atomic E-state index is 12.0. The third kappa shape index (κ3) is 5.78. The molecule has 0 saturated carbocycles. The second-order valence-corrected chi connectivity index (χ2v) is 7.12. The van der Waals surface area contributed by atoms with Crippen LogP contribution in [0.1, 0.15) is 34.4 Å². The zero-order valence-electron chi connectivity index (χ0n) is 16.4. The van der Waals surface area contributed by atoms with Crippen LogP contribution in [0.25, 0.3) is 0 Å². The second kappa shape index (κ2) is 10.2. The van der Waals surface area contributed by atoms with Crippen LogP contribution in [0.3, 0.4) is 0 Å². The van der Waals surface area contributed by atoms with Gasteiger partial charge in [-0.25, -0.2) is 5.43 Å². The van der Waals surface area contributed by atoms with E-state index < -0.39 is 5.91 Å². The normalized spacial score (nSPS) is 10.9. The molecule has 3 rings (SSSR count). The van der Waals surface area contributed by atoms with E-state index in [4.69, 9.17) is 37.1 Å². The number of nitrogens with zero attached hydrogens (tertiary/aromatic N) is 1. The molecule has 1 amide bonds. The molecule has 0 saturated heterocycles. The summed E-state index contributed by atoms with van der Waals surface area (Å²) in [5.41, 5.74) is 3.96. The van der Waals surface area contributed by atoms with Gasteiger partial charge in [0.15, 0.2) is 17.3 Å². The highest BCUT2D eigenvalue weighted by atomic mass is 35.5. The van der Waals surface area contributed by atoms with Crippen LogP contribution in [-0.4, -0.2) is 18.7 Å². The van der Waals surface area contributed by atoms with Crippen LogP contribution in [0.5, 0.6) is 11.5 Å². The highest BCUT2D eigenvalue weighted by Gasteiger charge is 2.10. The van der Waals surface area contributed by atoms with Crippen LogP contribution in [-0.2, 0) is 6.61 Å². The lowest BCUT2D eigenvalue weighted by molar-refractivity contribution is 0.0926. The van der Waals surface area contributed by atoms with Gasteiger partial charge >= 0.3 is 5.91 Å². The quantitative estimate of drug-likeness (QED) is 0.359. The van der Waals surface area contributed by atoms with E-state index in [2.05, 4.69) is 10.5 Å². The highest BCUT2D eigenvalue weighted by molar-refractivity contribution is 6.35. The fraction of sp³-hybridized carbons (Fsp3) is 0.182. The van der Waals surface area contributed by atoms with Gasteiger partial charge in [0.2, 0.25) is 0 Å². The van der Waals surface area contributed by atoms with Gasteiger partial charge in [-0.3, -0.25) is 4.79 Å². The number of halogens is 2. The summed E-state index contributed by atoms with van der Waals surface area (Å²) in [6, 6.07) is 13.9. The predicted molar refractivity (Wildman–Crippen MR) is 117 cm³/mol. The maximum atomic E-state index is 12.0. The minimum absolute atomic E-state index is 0.198. The van der Waals surface area contributed by atoms with Crippen molar-refractivity contribution in [3.05, 3.63) is 81.2 Å². The molecule has 0 bridgehead atoms. The van der Waals surface area contributed by atoms with Crippen LogP contribution in [0, 0.1) is 6.92 Å². The standard InChI is InChI=1S/C22H20Cl2N2O4/c1-3-28-21-10-15(12-25-26-22(27)20-8-4-14(2)30-20)5-9-19(21)29-13-16-6-7-17(23)11-18(16)24/h4-12H,3,13H2,1-2H3,(H,26,27)/b25-12-. The number of carbonyl (C=O) groups excluding carboxylic acids is 1. The molecule has 1 heterocycles. The third-order valence-electron chi connectivity index (χ3n) is 4.01. The molecular formula is C22H20Cl2N2O4. The Balaban J connectivity index is 1.67. The van der Waals surface area contributed by atoms with Crippen LogP contribution in [0.4, 0.5) is 0 Å². The maximum Gasteiger partial charge on any atom is 0.307 e. The molecule has 3 aromatic rings. The summed E-state index contributed by atoms with van der Waals surface area (Å²) >= 11 is 12.1. The molecule has 1 N–H and O–H groups in total. The molecule has 0 aliphatic rings. The molecule has 30 heavy (non-hydrogen) atoms. The fourth-order valence-electron chi connectivity index (χ4n) is 2.56. The number of rotatable bonds is 8. The van der Waals surface area contributed by atoms with Crippen LogP contribution < -0.4 is 14.9 Å². The van der Waals surface area contributed by atoms with Gasteiger partial charge in [0.1, 0.15) is 12.4 Å². The molecule has 0 spiro atoms. The Kier molecular flexibility index (Phi) is 7.38. The van der Waals surface area contributed by atoms with Crippen molar-refractivity contribution in [1.29, 1.82) is 0 Å². The number of furan rings is 1. The summed E-state index contributed by atoms with van der Waals surface area (Å²) in [4.78, 5) is 12.0. The highest BCUT2D eigenvalue weighted by Crippen LogP contribution is 2.30. The molecule has 1 aromatic heterocycles. The first-order chi connectivity index (χ1) is 14.5. The molecule has 0 aliphatic heterocycles. The van der Waals surface area contributed by atoms with E-state index in [-0.39, 0.29) is 12.4 Å². The monoisotopic (exact) mass is 446 g/mol. The van der Waals surface area contributed by atoms with E-state index in [0.717, 1.165) is 11.1 Å². The van der Waals surface area contributed by atoms with E-state index in [1.807, 2.05) is 13.0 Å². The first-order valence-corrected chi connectivity index (χ1v) is 9.95. The van der Waals surface area contributed by atoms with Crippen LogP contribution >= 0.6 is 23.2 Å². The van der Waals surface area contributed by atoms with Crippen LogP contribution in [0.15, 0.2) is 58.0 Å². The molecule has 0 unspecified atom stereocenters. The molecule has 8 heteroatoms. The van der Waals surface area contributed by atoms with Gasteiger partial charge in [0.05, 0.1) is 12.8 Å². The van der Waals surface area contributed by atoms with Gasteiger partial charge in [-0.2, -0.15) is 5.10 Å². The van der Waals surface area contributed by atoms with Crippen molar-refractivity contribution in [2.24, 2.45) is 5.10 Å². The zero-order chi connectivity index (χ0) is 21.5. The van der Waals surface area contributed by atoms with Gasteiger partial charge in [-0.15, -0.1) is 0 Å². The van der Waals surface area contributed by atoms with Gasteiger partial charge in [0, 0.05) is 15.6 Å². The lowest BCUT2D eigenvalue weighted by atomic mass is 10.2. The SMILES string of the molecule is CCOc1cc(/C=N\NC(=O)c2ccc(C)o2)ccc1OCc1ccc(Cl)cc1Cl. The number of aryl methyl sites for hydroxylation is 1. The summed E-state index contributed by atoms with van der Waals surface area (Å²) in [5, 5.41) is 5.06. The van der Waals surface area contributed by atoms with E-state index in [1.54, 1.807) is 49.4 Å². The topological polar surface area (TPSA) is 73.1 Å². The minimum Gasteiger partial charge on any atom is -0.490 e. The number of hydrogen-bond donors (Lipinski definition) is 1. The number of ether oxygens (including phenoxy) is 2. The number of benzene rings is 2. The van der Waals surface area contributed by atoms with Gasteiger partial charge in [-0.1, -0.05) is 29.3 Å². The number of nitrogens with one attached hydrogen (secondary N) is 1. The fourth-order valence-corrected chi connectivity index (χ4v) is 3.03. The lowest BCUT2D eigenvalue weighted by Crippen LogP contribution is -2.16. The molecule has 2 aromatic carbocycles. The number of amides is 1. The Labute approximate surface area is 184 Å². The first kappa shape index (κ1) is 21.7. The summed E-state index contributed by atoms with van der Waals surface area (Å²) in [6.45, 7) is 4.38. The van der Waals surface area contributed by atoms with Crippen molar-refractivity contribution in [3.63, 3.8) is 0 Å². The Hall–Kier alpha value is -2.96. The largest absolute Gasteiger partial charge is 0.490 e. The van der Waals surface area contributed by atoms with E-state index >= 15 is 0 Å². The Morgan fingerprint density at radius 2 is 1.93 bits per heavy atom. The van der Waals surface area contributed by atoms with Gasteiger partial charge in [-0.05, 0) is 61.9 Å². The molecule has 0 fully saturated rings. The first-order valence-electron chi connectivity index (χ1n) is 9.19. The molecule has 0 radical (unpaired) electrons. The Morgan fingerprint density at radius 1 is 1.10 bits per heavy atom. The van der Waals surface area contributed by atoms with E-state index in [0.29, 0.717) is 33.9 Å². The Morgan fingerprint density at radius 3 is 2.63 bits per heavy atom. The summed E-state index contributed by atoms with van der Waals surface area (Å²) in [6.07, 6.45) is 1.51. The smallest absolute Gasteiger partial charge is 0.307 e. The van der Waals surface area contributed by atoms with Crippen molar-refractivity contribution in [1.82, 2.24) is 5.43 Å². The summed E-state index contributed by atoms with van der Waals surface area (Å²) < 4.78 is 16.8. The van der Waals surface area contributed by atoms with Crippen molar-refractivity contribution >= 4 is 35.3 Å². The molecule has 156 valence electrons. The average Bonchev–Trinajstić information content (AvgIpc) is 3.15. The molecular weight excluding hydrogens is 427 g/mol. The summed E-state index contributed by atoms with van der Waals surface area (Å²) in [7, 11) is 0. The van der Waals surface area contributed by atoms with E-state index in [9.17, 15) is 4.79 Å². The van der Waals surface area contributed by atoms with Crippen molar-refractivity contribution in [2.75, 3.05) is 6.61 Å². The average molecular weight is 447 g/mol. The third-order valence-corrected chi connectivity index (χ3v) is 4.60. The Bertz CT molecular complexity index is 1060. The number of carbonyl (C=O) groups is 1. The van der Waals surface area contributed by atoms with Crippen molar-refractivity contribution < 1.29 is 18.7 Å². The number of hydrazone groups is 1. The zero-order valence-corrected chi connectivity index (χ0v) is 18.0. The van der Waals surface area contributed by atoms with Gasteiger partial charge in [0.25, 0.3) is 0 Å². The van der Waals surface area contributed by atoms with E-state index in [1.165, 1.54) is 6.21 Å². The minimum atomic E-state index is -0.427. The molecule has 0 aliphatic carbocycles. The van der Waals surface area contributed by atoms with Gasteiger partial charge < -0.3 is 13.9 Å². The van der Waals surface area contributed by atoms with Crippen molar-refractivity contribution in [3.8, 4) is 11.5 Å². The number of hydrogen-bond acceptors (Lipinski definition) is 5. The predicted octanol–water partition coefficient (Wildman–Crippen LogP) is 5.64. The second-order valence-electron chi connectivity index (χ2n) is 6.27.